The first-order chi connectivity index (χ1) is 14.7. The molecule has 0 aliphatic rings. The molecule has 0 aliphatic heterocycles. The number of rotatable bonds is 6. The van der Waals surface area contributed by atoms with E-state index in [1.807, 2.05) is 24.3 Å². The van der Waals surface area contributed by atoms with E-state index in [1.165, 1.54) is 42.2 Å². The molecule has 0 aliphatic carbocycles. The van der Waals surface area contributed by atoms with Gasteiger partial charge in [-0.3, -0.25) is 14.9 Å². The summed E-state index contributed by atoms with van der Waals surface area (Å²) in [6, 6.07) is 12.0. The monoisotopic (exact) mass is 438 g/mol. The van der Waals surface area contributed by atoms with Crippen LogP contribution in [0.3, 0.4) is 0 Å². The number of aryl methyl sites for hydroxylation is 1. The standard InChI is InChI=1S/C23H22N2O5S/c1-13(2)15-5-7-16(8-6-15)18-12-31-22(20(18)23(27)30-4)24-21(26)17-9-10-19(25(28)29)14(3)11-17/h5-13H,1-4H3,(H,24,26). The van der Waals surface area contributed by atoms with Crippen molar-refractivity contribution in [3.63, 3.8) is 0 Å². The highest BCUT2D eigenvalue weighted by atomic mass is 32.1. The Bertz CT molecular complexity index is 1150. The summed E-state index contributed by atoms with van der Waals surface area (Å²) in [6.45, 7) is 5.78. The van der Waals surface area contributed by atoms with Gasteiger partial charge in [0.25, 0.3) is 11.6 Å². The lowest BCUT2D eigenvalue weighted by Gasteiger charge is -2.10. The van der Waals surface area contributed by atoms with Crippen molar-refractivity contribution in [3.8, 4) is 11.1 Å². The molecule has 3 aromatic rings. The van der Waals surface area contributed by atoms with Crippen molar-refractivity contribution in [2.24, 2.45) is 0 Å². The smallest absolute Gasteiger partial charge is 0.341 e. The van der Waals surface area contributed by atoms with Crippen molar-refractivity contribution in [2.75, 3.05) is 12.4 Å². The van der Waals surface area contributed by atoms with Crippen molar-refractivity contribution in [3.05, 3.63) is 80.2 Å². The van der Waals surface area contributed by atoms with Gasteiger partial charge in [0.1, 0.15) is 10.6 Å². The SMILES string of the molecule is COC(=O)c1c(-c2ccc(C(C)C)cc2)csc1NC(=O)c1ccc([N+](=O)[O-])c(C)c1. The van der Waals surface area contributed by atoms with Gasteiger partial charge in [0, 0.05) is 28.1 Å². The molecule has 0 spiro atoms. The van der Waals surface area contributed by atoms with E-state index in [4.69, 9.17) is 4.74 Å². The van der Waals surface area contributed by atoms with Gasteiger partial charge in [-0.2, -0.15) is 0 Å². The second-order valence-corrected chi connectivity index (χ2v) is 8.21. The topological polar surface area (TPSA) is 98.5 Å². The zero-order chi connectivity index (χ0) is 22.7. The summed E-state index contributed by atoms with van der Waals surface area (Å²) in [7, 11) is 1.29. The molecule has 160 valence electrons. The summed E-state index contributed by atoms with van der Waals surface area (Å²) in [5.74, 6) is -0.636. The van der Waals surface area contributed by atoms with E-state index < -0.39 is 16.8 Å². The number of thiophene rings is 1. The maximum atomic E-state index is 12.7. The van der Waals surface area contributed by atoms with Crippen LogP contribution in [0.15, 0.2) is 47.8 Å². The van der Waals surface area contributed by atoms with Gasteiger partial charge in [0.15, 0.2) is 0 Å². The Morgan fingerprint density at radius 1 is 1.13 bits per heavy atom. The highest BCUT2D eigenvalue weighted by molar-refractivity contribution is 7.15. The average Bonchev–Trinajstić information content (AvgIpc) is 3.16. The van der Waals surface area contributed by atoms with Gasteiger partial charge in [-0.1, -0.05) is 38.1 Å². The maximum absolute atomic E-state index is 12.7. The van der Waals surface area contributed by atoms with Crippen LogP contribution in [0.25, 0.3) is 11.1 Å². The molecule has 1 amide bonds. The van der Waals surface area contributed by atoms with Gasteiger partial charge in [-0.25, -0.2) is 4.79 Å². The zero-order valence-electron chi connectivity index (χ0n) is 17.6. The molecule has 0 saturated carbocycles. The fraction of sp³-hybridized carbons (Fsp3) is 0.217. The van der Waals surface area contributed by atoms with Crippen molar-refractivity contribution in [1.82, 2.24) is 0 Å². The number of nitro benzene ring substituents is 1. The lowest BCUT2D eigenvalue weighted by Crippen LogP contribution is -2.14. The number of ether oxygens (including phenoxy) is 1. The molecule has 1 N–H and O–H groups in total. The molecule has 0 unspecified atom stereocenters. The first-order valence-electron chi connectivity index (χ1n) is 9.59. The van der Waals surface area contributed by atoms with E-state index in [9.17, 15) is 19.7 Å². The summed E-state index contributed by atoms with van der Waals surface area (Å²) in [5.41, 5.74) is 3.54. The molecule has 1 heterocycles. The van der Waals surface area contributed by atoms with Crippen LogP contribution in [-0.4, -0.2) is 23.9 Å². The van der Waals surface area contributed by atoms with Gasteiger partial charge in [0.2, 0.25) is 0 Å². The molecule has 0 fully saturated rings. The van der Waals surface area contributed by atoms with Gasteiger partial charge < -0.3 is 10.1 Å². The van der Waals surface area contributed by atoms with Crippen LogP contribution >= 0.6 is 11.3 Å². The summed E-state index contributed by atoms with van der Waals surface area (Å²) < 4.78 is 4.95. The van der Waals surface area contributed by atoms with Gasteiger partial charge in [-0.05, 0) is 36.1 Å². The summed E-state index contributed by atoms with van der Waals surface area (Å²) in [4.78, 5) is 35.8. The average molecular weight is 439 g/mol. The molecule has 3 rings (SSSR count). The van der Waals surface area contributed by atoms with E-state index in [0.29, 0.717) is 22.0 Å². The zero-order valence-corrected chi connectivity index (χ0v) is 18.4. The minimum absolute atomic E-state index is 0.0601. The molecule has 0 atom stereocenters. The van der Waals surface area contributed by atoms with Crippen LogP contribution in [0.2, 0.25) is 0 Å². The van der Waals surface area contributed by atoms with E-state index in [2.05, 4.69) is 19.2 Å². The van der Waals surface area contributed by atoms with E-state index >= 15 is 0 Å². The summed E-state index contributed by atoms with van der Waals surface area (Å²) in [5, 5.41) is 15.9. The first-order valence-corrected chi connectivity index (χ1v) is 10.5. The minimum Gasteiger partial charge on any atom is -0.465 e. The minimum atomic E-state index is -0.556. The number of nitro groups is 1. The normalized spacial score (nSPS) is 10.7. The van der Waals surface area contributed by atoms with Gasteiger partial charge in [-0.15, -0.1) is 11.3 Å². The Hall–Kier alpha value is -3.52. The number of hydrogen-bond acceptors (Lipinski definition) is 6. The second-order valence-electron chi connectivity index (χ2n) is 7.33. The maximum Gasteiger partial charge on any atom is 0.341 e. The fourth-order valence-corrected chi connectivity index (χ4v) is 4.14. The summed E-state index contributed by atoms with van der Waals surface area (Å²) >= 11 is 1.22. The molecule has 0 radical (unpaired) electrons. The number of esters is 1. The Labute approximate surface area is 183 Å². The van der Waals surface area contributed by atoms with Crippen LogP contribution in [0.4, 0.5) is 10.7 Å². The largest absolute Gasteiger partial charge is 0.465 e. The fourth-order valence-electron chi connectivity index (χ4n) is 3.19. The van der Waals surface area contributed by atoms with E-state index in [0.717, 1.165) is 5.56 Å². The quantitative estimate of drug-likeness (QED) is 0.298. The number of methoxy groups -OCH3 is 1. The molecule has 0 saturated heterocycles. The van der Waals surface area contributed by atoms with Crippen molar-refractivity contribution in [1.29, 1.82) is 0 Å². The predicted molar refractivity (Wildman–Crippen MR) is 121 cm³/mol. The Balaban J connectivity index is 1.95. The van der Waals surface area contributed by atoms with Crippen LogP contribution in [0.5, 0.6) is 0 Å². The first kappa shape index (κ1) is 22.2. The number of nitrogens with zero attached hydrogens (tertiary/aromatic N) is 1. The lowest BCUT2D eigenvalue weighted by molar-refractivity contribution is -0.385. The molecular weight excluding hydrogens is 416 g/mol. The van der Waals surface area contributed by atoms with Crippen molar-refractivity contribution in [2.45, 2.75) is 26.7 Å². The van der Waals surface area contributed by atoms with E-state index in [1.54, 1.807) is 12.3 Å². The Morgan fingerprint density at radius 3 is 2.35 bits per heavy atom. The van der Waals surface area contributed by atoms with E-state index in [-0.39, 0.29) is 16.8 Å². The number of benzene rings is 2. The second kappa shape index (κ2) is 9.09. The van der Waals surface area contributed by atoms with Gasteiger partial charge >= 0.3 is 5.97 Å². The molecule has 0 bridgehead atoms. The van der Waals surface area contributed by atoms with Crippen LogP contribution in [0, 0.1) is 17.0 Å². The lowest BCUT2D eigenvalue weighted by atomic mass is 9.98. The predicted octanol–water partition coefficient (Wildman–Crippen LogP) is 5.79. The van der Waals surface area contributed by atoms with Crippen LogP contribution in [-0.2, 0) is 4.74 Å². The van der Waals surface area contributed by atoms with Crippen molar-refractivity contribution >= 4 is 33.9 Å². The number of carbonyl (C=O) groups excluding carboxylic acids is 2. The number of carbonyl (C=O) groups is 2. The van der Waals surface area contributed by atoms with Crippen LogP contribution < -0.4 is 5.32 Å². The third-order valence-electron chi connectivity index (χ3n) is 4.95. The Morgan fingerprint density at radius 2 is 1.81 bits per heavy atom. The molecule has 2 aromatic carbocycles. The molecule has 31 heavy (non-hydrogen) atoms. The van der Waals surface area contributed by atoms with Crippen LogP contribution in [0.1, 0.15) is 51.6 Å². The number of nitrogens with one attached hydrogen (secondary N) is 1. The third-order valence-corrected chi connectivity index (χ3v) is 5.85. The number of hydrogen-bond donors (Lipinski definition) is 1. The highest BCUT2D eigenvalue weighted by Gasteiger charge is 2.23. The molecular formula is C23H22N2O5S. The van der Waals surface area contributed by atoms with Gasteiger partial charge in [0.05, 0.1) is 12.0 Å². The van der Waals surface area contributed by atoms with Crippen molar-refractivity contribution < 1.29 is 19.2 Å². The molecule has 7 nitrogen and oxygen atoms in total. The number of amides is 1. The molecule has 1 aromatic heterocycles. The number of anilines is 1. The molecule has 8 heteroatoms. The summed E-state index contributed by atoms with van der Waals surface area (Å²) in [6.07, 6.45) is 0. The Kier molecular flexibility index (Phi) is 6.50. The third kappa shape index (κ3) is 4.64. The highest BCUT2D eigenvalue weighted by Crippen LogP contribution is 2.37.